The van der Waals surface area contributed by atoms with Crippen molar-refractivity contribution in [1.29, 1.82) is 0 Å². The Bertz CT molecular complexity index is 433. The summed E-state index contributed by atoms with van der Waals surface area (Å²) in [6.07, 6.45) is 1.24. The quantitative estimate of drug-likeness (QED) is 0.867. The molecule has 1 aliphatic carbocycles. The van der Waals surface area contributed by atoms with Gasteiger partial charge >= 0.3 is 5.97 Å². The van der Waals surface area contributed by atoms with Gasteiger partial charge in [0.05, 0.1) is 29.6 Å². The van der Waals surface area contributed by atoms with Gasteiger partial charge in [-0.05, 0) is 18.8 Å². The number of carboxylic acid groups (broad SMARTS) is 1. The van der Waals surface area contributed by atoms with E-state index in [4.69, 9.17) is 5.11 Å². The maximum absolute atomic E-state index is 12.0. The van der Waals surface area contributed by atoms with E-state index in [0.717, 1.165) is 5.69 Å². The predicted octanol–water partition coefficient (Wildman–Crippen LogP) is 1.51. The summed E-state index contributed by atoms with van der Waals surface area (Å²) in [7, 11) is 0. The Balaban J connectivity index is 1.93. The van der Waals surface area contributed by atoms with Crippen LogP contribution in [0.4, 0.5) is 0 Å². The standard InChI is InChI=1S/C12H16N2O3S/c1-7-2-9(10(3-7)12(16)17)11(15)13-4-8-5-18-6-14-8/h5-7,9-10H,2-4H2,1H3,(H,13,15)(H,16,17)/t7?,9-,10+/m0/s1. The number of carbonyl (C=O) groups excluding carboxylic acids is 1. The molecule has 1 aromatic heterocycles. The third kappa shape index (κ3) is 2.87. The van der Waals surface area contributed by atoms with E-state index in [9.17, 15) is 9.59 Å². The van der Waals surface area contributed by atoms with E-state index in [1.54, 1.807) is 5.51 Å². The number of amides is 1. The molecule has 1 amide bonds. The Morgan fingerprint density at radius 2 is 2.22 bits per heavy atom. The molecule has 0 aliphatic heterocycles. The molecule has 0 spiro atoms. The minimum Gasteiger partial charge on any atom is -0.481 e. The normalized spacial score (nSPS) is 27.1. The second-order valence-electron chi connectivity index (χ2n) is 4.83. The van der Waals surface area contributed by atoms with E-state index in [0.29, 0.717) is 25.3 Å². The lowest BCUT2D eigenvalue weighted by Gasteiger charge is -2.14. The lowest BCUT2D eigenvalue weighted by molar-refractivity contribution is -0.146. The van der Waals surface area contributed by atoms with Gasteiger partial charge in [0, 0.05) is 5.38 Å². The third-order valence-electron chi connectivity index (χ3n) is 3.38. The predicted molar refractivity (Wildman–Crippen MR) is 67.0 cm³/mol. The first-order valence-electron chi connectivity index (χ1n) is 5.95. The maximum atomic E-state index is 12.0. The molecule has 18 heavy (non-hydrogen) atoms. The molecule has 1 aromatic rings. The molecule has 1 saturated carbocycles. The van der Waals surface area contributed by atoms with Gasteiger partial charge in [-0.2, -0.15) is 0 Å². The first-order chi connectivity index (χ1) is 8.58. The van der Waals surface area contributed by atoms with Crippen LogP contribution in [-0.2, 0) is 16.1 Å². The topological polar surface area (TPSA) is 79.3 Å². The number of aliphatic carboxylic acids is 1. The minimum atomic E-state index is -0.867. The molecular weight excluding hydrogens is 252 g/mol. The molecule has 1 fully saturated rings. The van der Waals surface area contributed by atoms with E-state index >= 15 is 0 Å². The molecule has 0 radical (unpaired) electrons. The second kappa shape index (κ2) is 5.48. The number of aromatic nitrogens is 1. The fraction of sp³-hybridized carbons (Fsp3) is 0.583. The van der Waals surface area contributed by atoms with Crippen LogP contribution in [0.25, 0.3) is 0 Å². The van der Waals surface area contributed by atoms with Gasteiger partial charge in [0.25, 0.3) is 0 Å². The van der Waals surface area contributed by atoms with E-state index in [-0.39, 0.29) is 5.91 Å². The molecule has 1 unspecified atom stereocenters. The summed E-state index contributed by atoms with van der Waals surface area (Å²) in [5, 5.41) is 13.8. The van der Waals surface area contributed by atoms with Crippen LogP contribution in [0.3, 0.4) is 0 Å². The molecule has 0 saturated heterocycles. The van der Waals surface area contributed by atoms with Gasteiger partial charge in [-0.15, -0.1) is 11.3 Å². The Labute approximate surface area is 109 Å². The minimum absolute atomic E-state index is 0.167. The molecule has 1 heterocycles. The van der Waals surface area contributed by atoms with Crippen LogP contribution in [0.2, 0.25) is 0 Å². The van der Waals surface area contributed by atoms with Crippen LogP contribution < -0.4 is 5.32 Å². The fourth-order valence-corrected chi connectivity index (χ4v) is 3.05. The lowest BCUT2D eigenvalue weighted by atomic mass is 9.95. The fourth-order valence-electron chi connectivity index (χ4n) is 2.49. The molecule has 3 atom stereocenters. The van der Waals surface area contributed by atoms with E-state index in [2.05, 4.69) is 10.3 Å². The number of carbonyl (C=O) groups is 2. The van der Waals surface area contributed by atoms with Crippen molar-refractivity contribution in [1.82, 2.24) is 10.3 Å². The van der Waals surface area contributed by atoms with Crippen molar-refractivity contribution >= 4 is 23.2 Å². The van der Waals surface area contributed by atoms with Crippen molar-refractivity contribution in [3.8, 4) is 0 Å². The van der Waals surface area contributed by atoms with Gasteiger partial charge in [0.2, 0.25) is 5.91 Å². The number of rotatable bonds is 4. The van der Waals surface area contributed by atoms with Crippen molar-refractivity contribution in [3.05, 3.63) is 16.6 Å². The van der Waals surface area contributed by atoms with E-state index in [1.807, 2.05) is 12.3 Å². The molecular formula is C12H16N2O3S. The van der Waals surface area contributed by atoms with Gasteiger partial charge in [-0.1, -0.05) is 6.92 Å². The van der Waals surface area contributed by atoms with Gasteiger partial charge in [-0.3, -0.25) is 9.59 Å². The van der Waals surface area contributed by atoms with Crippen molar-refractivity contribution in [2.24, 2.45) is 17.8 Å². The number of hydrogen-bond donors (Lipinski definition) is 2. The number of hydrogen-bond acceptors (Lipinski definition) is 4. The summed E-state index contributed by atoms with van der Waals surface area (Å²) in [6.45, 7) is 2.36. The molecule has 5 nitrogen and oxygen atoms in total. The summed E-state index contributed by atoms with van der Waals surface area (Å²) in [6, 6.07) is 0. The van der Waals surface area contributed by atoms with Crippen LogP contribution in [0.1, 0.15) is 25.5 Å². The highest BCUT2D eigenvalue weighted by atomic mass is 32.1. The van der Waals surface area contributed by atoms with Crippen molar-refractivity contribution in [3.63, 3.8) is 0 Å². The van der Waals surface area contributed by atoms with Crippen LogP contribution in [0.5, 0.6) is 0 Å². The third-order valence-corrected chi connectivity index (χ3v) is 4.01. The Kier molecular flexibility index (Phi) is 3.96. The lowest BCUT2D eigenvalue weighted by Crippen LogP contribution is -2.34. The van der Waals surface area contributed by atoms with Gasteiger partial charge in [0.15, 0.2) is 0 Å². The molecule has 2 N–H and O–H groups in total. The molecule has 98 valence electrons. The Hall–Kier alpha value is -1.43. The summed E-state index contributed by atoms with van der Waals surface area (Å²) in [5.74, 6) is -1.69. The molecule has 2 rings (SSSR count). The average molecular weight is 268 g/mol. The van der Waals surface area contributed by atoms with Crippen molar-refractivity contribution < 1.29 is 14.7 Å². The average Bonchev–Trinajstić information content (AvgIpc) is 2.94. The Morgan fingerprint density at radius 1 is 1.50 bits per heavy atom. The first-order valence-corrected chi connectivity index (χ1v) is 6.89. The van der Waals surface area contributed by atoms with Gasteiger partial charge < -0.3 is 10.4 Å². The number of carboxylic acids is 1. The first kappa shape index (κ1) is 13.0. The molecule has 1 aliphatic rings. The zero-order valence-electron chi connectivity index (χ0n) is 10.1. The number of nitrogens with zero attached hydrogens (tertiary/aromatic N) is 1. The monoisotopic (exact) mass is 268 g/mol. The highest BCUT2D eigenvalue weighted by Crippen LogP contribution is 2.36. The zero-order valence-corrected chi connectivity index (χ0v) is 10.9. The summed E-state index contributed by atoms with van der Waals surface area (Å²) in [5.41, 5.74) is 2.52. The van der Waals surface area contributed by atoms with Gasteiger partial charge in [-0.25, -0.2) is 4.98 Å². The van der Waals surface area contributed by atoms with Crippen molar-refractivity contribution in [2.75, 3.05) is 0 Å². The van der Waals surface area contributed by atoms with E-state index in [1.165, 1.54) is 11.3 Å². The highest BCUT2D eigenvalue weighted by molar-refractivity contribution is 7.07. The largest absolute Gasteiger partial charge is 0.481 e. The molecule has 0 bridgehead atoms. The van der Waals surface area contributed by atoms with Crippen LogP contribution in [0, 0.1) is 17.8 Å². The smallest absolute Gasteiger partial charge is 0.307 e. The van der Waals surface area contributed by atoms with Crippen molar-refractivity contribution in [2.45, 2.75) is 26.3 Å². The second-order valence-corrected chi connectivity index (χ2v) is 5.54. The highest BCUT2D eigenvalue weighted by Gasteiger charge is 2.40. The molecule has 0 aromatic carbocycles. The van der Waals surface area contributed by atoms with Gasteiger partial charge in [0.1, 0.15) is 0 Å². The van der Waals surface area contributed by atoms with Crippen LogP contribution >= 0.6 is 11.3 Å². The van der Waals surface area contributed by atoms with Crippen LogP contribution in [0.15, 0.2) is 10.9 Å². The Morgan fingerprint density at radius 3 is 2.83 bits per heavy atom. The zero-order chi connectivity index (χ0) is 13.1. The summed E-state index contributed by atoms with van der Waals surface area (Å²) >= 11 is 1.47. The number of thiazole rings is 1. The summed E-state index contributed by atoms with van der Waals surface area (Å²) in [4.78, 5) is 27.2. The summed E-state index contributed by atoms with van der Waals surface area (Å²) < 4.78 is 0. The SMILES string of the molecule is CC1C[C@H](C(=O)NCc2cscn2)[C@H](C(=O)O)C1. The number of nitrogens with one attached hydrogen (secondary N) is 1. The van der Waals surface area contributed by atoms with Crippen LogP contribution in [-0.4, -0.2) is 22.0 Å². The van der Waals surface area contributed by atoms with E-state index < -0.39 is 17.8 Å². The maximum Gasteiger partial charge on any atom is 0.307 e. The molecule has 6 heteroatoms.